The molecule has 0 radical (unpaired) electrons. The van der Waals surface area contributed by atoms with E-state index in [4.69, 9.17) is 9.47 Å². The van der Waals surface area contributed by atoms with Crippen molar-refractivity contribution in [3.63, 3.8) is 0 Å². The van der Waals surface area contributed by atoms with Gasteiger partial charge in [0.15, 0.2) is 11.5 Å². The summed E-state index contributed by atoms with van der Waals surface area (Å²) in [7, 11) is 0. The smallest absolute Gasteiger partial charge is 0.244 e. The second kappa shape index (κ2) is 13.1. The summed E-state index contributed by atoms with van der Waals surface area (Å²) >= 11 is 0. The van der Waals surface area contributed by atoms with Crippen LogP contribution < -0.4 is 9.47 Å². The summed E-state index contributed by atoms with van der Waals surface area (Å²) < 4.78 is 13.9. The van der Waals surface area contributed by atoms with E-state index in [-0.39, 0.29) is 12.5 Å². The van der Waals surface area contributed by atoms with Crippen molar-refractivity contribution in [2.75, 3.05) is 32.8 Å². The number of aryl methyl sites for hydroxylation is 1. The summed E-state index contributed by atoms with van der Waals surface area (Å²) in [6.07, 6.45) is 6.61. The first kappa shape index (κ1) is 25.8. The fraction of sp³-hybridized carbons (Fsp3) is 0.448. The van der Waals surface area contributed by atoms with Crippen LogP contribution in [-0.2, 0) is 24.4 Å². The highest BCUT2D eigenvalue weighted by atomic mass is 16.5. The van der Waals surface area contributed by atoms with Crippen molar-refractivity contribution in [1.29, 1.82) is 0 Å². The van der Waals surface area contributed by atoms with Crippen LogP contribution in [-0.4, -0.2) is 58.3 Å². The number of benzene rings is 2. The van der Waals surface area contributed by atoms with E-state index in [0.29, 0.717) is 26.3 Å². The van der Waals surface area contributed by atoms with Crippen LogP contribution in [0.5, 0.6) is 11.5 Å². The van der Waals surface area contributed by atoms with Crippen molar-refractivity contribution in [2.24, 2.45) is 0 Å². The molecule has 192 valence electrons. The molecular formula is C29H38N4O3. The molecule has 7 nitrogen and oxygen atoms in total. The summed E-state index contributed by atoms with van der Waals surface area (Å²) in [5.41, 5.74) is 3.42. The second-order valence-corrected chi connectivity index (χ2v) is 9.38. The predicted molar refractivity (Wildman–Crippen MR) is 141 cm³/mol. The maximum Gasteiger partial charge on any atom is 0.244 e. The molecule has 1 aliphatic heterocycles. The molecule has 0 atom stereocenters. The van der Waals surface area contributed by atoms with Gasteiger partial charge >= 0.3 is 0 Å². The number of carbonyl (C=O) groups excluding carboxylic acids is 1. The monoisotopic (exact) mass is 490 g/mol. The van der Waals surface area contributed by atoms with E-state index in [1.807, 2.05) is 43.1 Å². The van der Waals surface area contributed by atoms with Crippen molar-refractivity contribution in [2.45, 2.75) is 52.7 Å². The average molecular weight is 491 g/mol. The molecule has 4 rings (SSSR count). The van der Waals surface area contributed by atoms with Gasteiger partial charge < -0.3 is 14.4 Å². The van der Waals surface area contributed by atoms with Gasteiger partial charge in [0, 0.05) is 44.5 Å². The Bertz CT molecular complexity index is 1100. The van der Waals surface area contributed by atoms with Gasteiger partial charge in [-0.1, -0.05) is 42.5 Å². The van der Waals surface area contributed by atoms with Crippen LogP contribution >= 0.6 is 0 Å². The molecule has 1 aromatic heterocycles. The highest BCUT2D eigenvalue weighted by Gasteiger charge is 2.20. The molecule has 0 aliphatic carbocycles. The molecule has 0 spiro atoms. The SMILES string of the molecule is CCOc1cccc2c1OCCCCCN(C(=O)Cn1cc(C)cn1)CCN(Cc1ccccc1)C2. The second-order valence-electron chi connectivity index (χ2n) is 9.38. The number of carbonyl (C=O) groups is 1. The molecule has 0 N–H and O–H groups in total. The summed E-state index contributed by atoms with van der Waals surface area (Å²) in [6, 6.07) is 16.6. The number of para-hydroxylation sites is 1. The molecule has 0 unspecified atom stereocenters. The molecule has 0 saturated carbocycles. The lowest BCUT2D eigenvalue weighted by Gasteiger charge is -2.28. The number of hydrogen-bond acceptors (Lipinski definition) is 5. The van der Waals surface area contributed by atoms with Gasteiger partial charge in [-0.2, -0.15) is 5.10 Å². The van der Waals surface area contributed by atoms with Crippen molar-refractivity contribution < 1.29 is 14.3 Å². The third-order valence-electron chi connectivity index (χ3n) is 6.42. The van der Waals surface area contributed by atoms with Gasteiger partial charge in [-0.25, -0.2) is 0 Å². The number of fused-ring (bicyclic) bond motifs is 1. The van der Waals surface area contributed by atoms with Crippen LogP contribution in [0.1, 0.15) is 42.9 Å². The molecule has 0 saturated heterocycles. The summed E-state index contributed by atoms with van der Waals surface area (Å²) in [6.45, 7) is 9.18. The van der Waals surface area contributed by atoms with Crippen LogP contribution in [0.25, 0.3) is 0 Å². The first-order valence-corrected chi connectivity index (χ1v) is 13.0. The quantitative estimate of drug-likeness (QED) is 0.502. The van der Waals surface area contributed by atoms with E-state index < -0.39 is 0 Å². The number of hydrogen-bond donors (Lipinski definition) is 0. The largest absolute Gasteiger partial charge is 0.490 e. The Morgan fingerprint density at radius 3 is 2.67 bits per heavy atom. The van der Waals surface area contributed by atoms with E-state index in [1.165, 1.54) is 5.56 Å². The van der Waals surface area contributed by atoms with E-state index >= 15 is 0 Å². The molecule has 2 aromatic carbocycles. The molecule has 36 heavy (non-hydrogen) atoms. The van der Waals surface area contributed by atoms with Crippen LogP contribution in [0.2, 0.25) is 0 Å². The minimum atomic E-state index is 0.114. The molecule has 0 bridgehead atoms. The molecule has 1 aliphatic rings. The normalized spacial score (nSPS) is 15.7. The van der Waals surface area contributed by atoms with Crippen LogP contribution in [0, 0.1) is 6.92 Å². The van der Waals surface area contributed by atoms with Gasteiger partial charge in [-0.15, -0.1) is 0 Å². The highest BCUT2D eigenvalue weighted by Crippen LogP contribution is 2.33. The third-order valence-corrected chi connectivity index (χ3v) is 6.42. The molecule has 3 aromatic rings. The van der Waals surface area contributed by atoms with E-state index in [1.54, 1.807) is 10.9 Å². The van der Waals surface area contributed by atoms with Gasteiger partial charge in [-0.05, 0) is 50.3 Å². The summed E-state index contributed by atoms with van der Waals surface area (Å²) in [5, 5.41) is 4.32. The minimum Gasteiger partial charge on any atom is -0.490 e. The fourth-order valence-electron chi connectivity index (χ4n) is 4.59. The molecule has 1 amide bonds. The Balaban J connectivity index is 1.56. The van der Waals surface area contributed by atoms with Crippen molar-refractivity contribution in [3.8, 4) is 11.5 Å². The van der Waals surface area contributed by atoms with E-state index in [2.05, 4.69) is 40.3 Å². The zero-order valence-corrected chi connectivity index (χ0v) is 21.6. The number of aromatic nitrogens is 2. The highest BCUT2D eigenvalue weighted by molar-refractivity contribution is 5.75. The minimum absolute atomic E-state index is 0.114. The maximum atomic E-state index is 13.2. The summed E-state index contributed by atoms with van der Waals surface area (Å²) in [5.74, 6) is 1.76. The number of ether oxygens (including phenoxy) is 2. The molecular weight excluding hydrogens is 452 g/mol. The number of nitrogens with zero attached hydrogens (tertiary/aromatic N) is 4. The maximum absolute atomic E-state index is 13.2. The Morgan fingerprint density at radius 1 is 1.03 bits per heavy atom. The summed E-state index contributed by atoms with van der Waals surface area (Å²) in [4.78, 5) is 17.6. The Hall–Kier alpha value is -3.32. The Kier molecular flexibility index (Phi) is 9.39. The lowest BCUT2D eigenvalue weighted by molar-refractivity contribution is -0.132. The van der Waals surface area contributed by atoms with Crippen LogP contribution in [0.4, 0.5) is 0 Å². The number of amides is 1. The first-order chi connectivity index (χ1) is 17.6. The van der Waals surface area contributed by atoms with Gasteiger partial charge in [-0.3, -0.25) is 14.4 Å². The predicted octanol–water partition coefficient (Wildman–Crippen LogP) is 4.68. The van der Waals surface area contributed by atoms with Gasteiger partial charge in [0.2, 0.25) is 5.91 Å². The molecule has 0 fully saturated rings. The zero-order chi connectivity index (χ0) is 25.2. The third kappa shape index (κ3) is 7.34. The lowest BCUT2D eigenvalue weighted by atomic mass is 10.1. The topological polar surface area (TPSA) is 59.8 Å². The van der Waals surface area contributed by atoms with Crippen molar-refractivity contribution in [3.05, 3.63) is 77.6 Å². The average Bonchev–Trinajstić information content (AvgIpc) is 3.29. The van der Waals surface area contributed by atoms with Gasteiger partial charge in [0.25, 0.3) is 0 Å². The van der Waals surface area contributed by atoms with E-state index in [9.17, 15) is 4.79 Å². The van der Waals surface area contributed by atoms with Crippen LogP contribution in [0.15, 0.2) is 60.9 Å². The molecule has 2 heterocycles. The zero-order valence-electron chi connectivity index (χ0n) is 21.6. The van der Waals surface area contributed by atoms with Crippen molar-refractivity contribution >= 4 is 5.91 Å². The van der Waals surface area contributed by atoms with Gasteiger partial charge in [0.1, 0.15) is 6.54 Å². The van der Waals surface area contributed by atoms with Crippen molar-refractivity contribution in [1.82, 2.24) is 19.6 Å². The van der Waals surface area contributed by atoms with Crippen LogP contribution in [0.3, 0.4) is 0 Å². The molecule has 7 heteroatoms. The van der Waals surface area contributed by atoms with Gasteiger partial charge in [0.05, 0.1) is 19.4 Å². The fourth-order valence-corrected chi connectivity index (χ4v) is 4.59. The standard InChI is InChI=1S/C29H38N4O3/c1-3-35-27-14-10-13-26-22-31(21-25-11-6-4-7-12-25)16-17-32(15-8-5-9-18-36-29(26)27)28(34)23-33-20-24(2)19-30-33/h4,6-7,10-14,19-20H,3,5,8-9,15-18,21-23H2,1-2H3. The Morgan fingerprint density at radius 2 is 1.89 bits per heavy atom. The first-order valence-electron chi connectivity index (χ1n) is 13.0. The Labute approximate surface area is 214 Å². The number of rotatable bonds is 6. The van der Waals surface area contributed by atoms with E-state index in [0.717, 1.165) is 61.5 Å². The lowest BCUT2D eigenvalue weighted by Crippen LogP contribution is -2.40.